The van der Waals surface area contributed by atoms with Crippen molar-refractivity contribution < 1.29 is 4.79 Å². The number of halogens is 1. The van der Waals surface area contributed by atoms with Crippen molar-refractivity contribution in [3.63, 3.8) is 0 Å². The summed E-state index contributed by atoms with van der Waals surface area (Å²) in [6.45, 7) is 2.34. The van der Waals surface area contributed by atoms with Crippen LogP contribution in [0.1, 0.15) is 20.9 Å². The van der Waals surface area contributed by atoms with E-state index in [1.54, 1.807) is 30.2 Å². The number of rotatable bonds is 3. The second-order valence-electron chi connectivity index (χ2n) is 4.00. The maximum absolute atomic E-state index is 12.2. The second kappa shape index (κ2) is 5.11. The molecule has 0 aromatic carbocycles. The zero-order valence-electron chi connectivity index (χ0n) is 10.0. The van der Waals surface area contributed by atoms with Crippen molar-refractivity contribution in [2.45, 2.75) is 13.5 Å². The number of amides is 1. The molecule has 0 aliphatic carbocycles. The first-order valence-electron chi connectivity index (χ1n) is 5.28. The lowest BCUT2D eigenvalue weighted by atomic mass is 10.2. The van der Waals surface area contributed by atoms with Crippen LogP contribution in [0.2, 0.25) is 0 Å². The van der Waals surface area contributed by atoms with Crippen LogP contribution in [0.5, 0.6) is 0 Å². The Balaban J connectivity index is 2.14. The highest BCUT2D eigenvalue weighted by atomic mass is 79.9. The zero-order valence-corrected chi connectivity index (χ0v) is 12.4. The molecule has 0 bridgehead atoms. The first-order chi connectivity index (χ1) is 8.49. The topological polar surface area (TPSA) is 75.0 Å². The molecule has 7 heteroatoms. The van der Waals surface area contributed by atoms with Gasteiger partial charge in [-0.3, -0.25) is 9.89 Å². The van der Waals surface area contributed by atoms with Crippen LogP contribution < -0.4 is 5.73 Å². The molecule has 0 unspecified atom stereocenters. The smallest absolute Gasteiger partial charge is 0.259 e. The number of carbonyl (C=O) groups excluding carboxylic acids is 1. The van der Waals surface area contributed by atoms with Gasteiger partial charge in [-0.25, -0.2) is 0 Å². The number of nitrogen functional groups attached to an aromatic ring is 1. The van der Waals surface area contributed by atoms with Gasteiger partial charge in [-0.05, 0) is 28.9 Å². The number of aromatic amines is 1. The zero-order chi connectivity index (χ0) is 13.3. The quantitative estimate of drug-likeness (QED) is 0.908. The Kier molecular flexibility index (Phi) is 3.72. The standard InChI is InChI=1S/C11H13BrN4OS/c1-6-9(10(13)15-14-6)11(17)16(2)4-8-3-7(12)5-18-8/h3,5H,4H2,1-2H3,(H3,13,14,15). The Hall–Kier alpha value is -1.34. The van der Waals surface area contributed by atoms with Crippen LogP contribution >= 0.6 is 27.3 Å². The lowest BCUT2D eigenvalue weighted by Crippen LogP contribution is -2.26. The third-order valence-electron chi connectivity index (χ3n) is 2.55. The van der Waals surface area contributed by atoms with Crippen molar-refractivity contribution in [2.75, 3.05) is 12.8 Å². The molecule has 0 aliphatic rings. The van der Waals surface area contributed by atoms with E-state index < -0.39 is 0 Å². The van der Waals surface area contributed by atoms with Gasteiger partial charge in [0.1, 0.15) is 5.56 Å². The SMILES string of the molecule is Cc1[nH]nc(N)c1C(=O)N(C)Cc1cc(Br)cs1. The molecular weight excluding hydrogens is 316 g/mol. The largest absolute Gasteiger partial charge is 0.382 e. The highest BCUT2D eigenvalue weighted by molar-refractivity contribution is 9.10. The maximum atomic E-state index is 12.2. The number of anilines is 1. The molecule has 0 aliphatic heterocycles. The number of nitrogens with one attached hydrogen (secondary N) is 1. The molecule has 0 atom stereocenters. The number of carbonyl (C=O) groups is 1. The Bertz CT molecular complexity index is 558. The van der Waals surface area contributed by atoms with Gasteiger partial charge < -0.3 is 10.6 Å². The summed E-state index contributed by atoms with van der Waals surface area (Å²) in [5.74, 6) is 0.125. The van der Waals surface area contributed by atoms with E-state index in [0.717, 1.165) is 9.35 Å². The maximum Gasteiger partial charge on any atom is 0.259 e. The molecule has 18 heavy (non-hydrogen) atoms. The van der Waals surface area contributed by atoms with E-state index in [1.807, 2.05) is 11.4 Å². The fraction of sp³-hybridized carbons (Fsp3) is 0.273. The van der Waals surface area contributed by atoms with E-state index in [0.29, 0.717) is 17.8 Å². The third kappa shape index (κ3) is 2.56. The van der Waals surface area contributed by atoms with Crippen molar-refractivity contribution in [3.8, 4) is 0 Å². The molecule has 0 spiro atoms. The lowest BCUT2D eigenvalue weighted by molar-refractivity contribution is 0.0787. The molecular formula is C11H13BrN4OS. The number of nitrogens with zero attached hydrogens (tertiary/aromatic N) is 2. The highest BCUT2D eigenvalue weighted by Gasteiger charge is 2.20. The van der Waals surface area contributed by atoms with E-state index in [1.165, 1.54) is 0 Å². The number of hydrogen-bond donors (Lipinski definition) is 2. The fourth-order valence-electron chi connectivity index (χ4n) is 1.65. The van der Waals surface area contributed by atoms with Crippen molar-refractivity contribution in [1.29, 1.82) is 0 Å². The van der Waals surface area contributed by atoms with E-state index in [2.05, 4.69) is 26.1 Å². The Morgan fingerprint density at radius 2 is 2.39 bits per heavy atom. The van der Waals surface area contributed by atoms with Gasteiger partial charge in [0.2, 0.25) is 0 Å². The first-order valence-corrected chi connectivity index (χ1v) is 6.95. The summed E-state index contributed by atoms with van der Waals surface area (Å²) in [5, 5.41) is 8.54. The van der Waals surface area contributed by atoms with E-state index >= 15 is 0 Å². The van der Waals surface area contributed by atoms with Crippen molar-refractivity contribution in [1.82, 2.24) is 15.1 Å². The first kappa shape index (κ1) is 13.1. The van der Waals surface area contributed by atoms with Gasteiger partial charge >= 0.3 is 0 Å². The van der Waals surface area contributed by atoms with Gasteiger partial charge in [0.05, 0.1) is 6.54 Å². The van der Waals surface area contributed by atoms with Crippen LogP contribution in [0.4, 0.5) is 5.82 Å². The molecule has 96 valence electrons. The number of nitrogens with two attached hydrogens (primary N) is 1. The van der Waals surface area contributed by atoms with Gasteiger partial charge in [-0.15, -0.1) is 11.3 Å². The monoisotopic (exact) mass is 328 g/mol. The van der Waals surface area contributed by atoms with Crippen LogP contribution in [0.3, 0.4) is 0 Å². The summed E-state index contributed by atoms with van der Waals surface area (Å²) >= 11 is 5.00. The molecule has 0 radical (unpaired) electrons. The van der Waals surface area contributed by atoms with Gasteiger partial charge in [-0.1, -0.05) is 0 Å². The van der Waals surface area contributed by atoms with Crippen LogP contribution in [0.15, 0.2) is 15.9 Å². The molecule has 2 rings (SSSR count). The molecule has 2 aromatic heterocycles. The Morgan fingerprint density at radius 3 is 2.89 bits per heavy atom. The van der Waals surface area contributed by atoms with Gasteiger partial charge in [0.15, 0.2) is 5.82 Å². The Morgan fingerprint density at radius 1 is 1.67 bits per heavy atom. The molecule has 2 aromatic rings. The Labute approximate surface area is 117 Å². The molecule has 1 amide bonds. The average Bonchev–Trinajstić information content (AvgIpc) is 2.85. The summed E-state index contributed by atoms with van der Waals surface area (Å²) in [6.07, 6.45) is 0. The van der Waals surface area contributed by atoms with E-state index in [-0.39, 0.29) is 11.7 Å². The normalized spacial score (nSPS) is 10.6. The van der Waals surface area contributed by atoms with Crippen LogP contribution in [-0.2, 0) is 6.54 Å². The summed E-state index contributed by atoms with van der Waals surface area (Å²) < 4.78 is 1.03. The fourth-order valence-corrected chi connectivity index (χ4v) is 3.15. The minimum atomic E-state index is -0.122. The summed E-state index contributed by atoms with van der Waals surface area (Å²) in [5.41, 5.74) is 6.83. The van der Waals surface area contributed by atoms with Crippen molar-refractivity contribution >= 4 is 39.0 Å². The van der Waals surface area contributed by atoms with Gasteiger partial charge in [0.25, 0.3) is 5.91 Å². The minimum Gasteiger partial charge on any atom is -0.382 e. The van der Waals surface area contributed by atoms with Gasteiger partial charge in [-0.2, -0.15) is 5.10 Å². The minimum absolute atomic E-state index is 0.122. The predicted octanol–water partition coefficient (Wildman–Crippen LogP) is 2.40. The van der Waals surface area contributed by atoms with Crippen LogP contribution in [0.25, 0.3) is 0 Å². The van der Waals surface area contributed by atoms with Crippen LogP contribution in [-0.4, -0.2) is 28.1 Å². The average molecular weight is 329 g/mol. The summed E-state index contributed by atoms with van der Waals surface area (Å²) in [4.78, 5) is 15.0. The van der Waals surface area contributed by atoms with Crippen molar-refractivity contribution in [3.05, 3.63) is 32.1 Å². The number of thiophene rings is 1. The van der Waals surface area contributed by atoms with Gasteiger partial charge in [0, 0.05) is 27.5 Å². The second-order valence-corrected chi connectivity index (χ2v) is 5.91. The number of aryl methyl sites for hydroxylation is 1. The third-order valence-corrected chi connectivity index (χ3v) is 4.23. The number of aromatic nitrogens is 2. The molecule has 0 saturated heterocycles. The van der Waals surface area contributed by atoms with E-state index in [4.69, 9.17) is 5.73 Å². The number of H-pyrrole nitrogens is 1. The highest BCUT2D eigenvalue weighted by Crippen LogP contribution is 2.22. The molecule has 0 saturated carbocycles. The number of hydrogen-bond acceptors (Lipinski definition) is 4. The lowest BCUT2D eigenvalue weighted by Gasteiger charge is -2.16. The molecule has 0 fully saturated rings. The predicted molar refractivity (Wildman–Crippen MR) is 75.6 cm³/mol. The molecule has 2 heterocycles. The molecule has 3 N–H and O–H groups in total. The van der Waals surface area contributed by atoms with Crippen LogP contribution in [0, 0.1) is 6.92 Å². The summed E-state index contributed by atoms with van der Waals surface area (Å²) in [7, 11) is 1.75. The van der Waals surface area contributed by atoms with E-state index in [9.17, 15) is 4.79 Å². The molecule has 5 nitrogen and oxygen atoms in total. The van der Waals surface area contributed by atoms with Crippen molar-refractivity contribution in [2.24, 2.45) is 0 Å². The summed E-state index contributed by atoms with van der Waals surface area (Å²) in [6, 6.07) is 2.00.